The summed E-state index contributed by atoms with van der Waals surface area (Å²) in [5, 5.41) is 5.82. The third kappa shape index (κ3) is 4.55. The molecule has 2 saturated heterocycles. The molecule has 0 atom stereocenters. The van der Waals surface area contributed by atoms with Gasteiger partial charge in [0.1, 0.15) is 5.54 Å². The topological polar surface area (TPSA) is 81.8 Å². The van der Waals surface area contributed by atoms with Crippen molar-refractivity contribution in [1.29, 1.82) is 0 Å². The van der Waals surface area contributed by atoms with E-state index in [0.717, 1.165) is 38.6 Å². The van der Waals surface area contributed by atoms with E-state index in [1.54, 1.807) is 0 Å². The Balaban J connectivity index is 1.29. The summed E-state index contributed by atoms with van der Waals surface area (Å²) < 4.78 is 0. The molecule has 3 rings (SSSR count). The number of rotatable bonds is 8. The molecule has 1 saturated carbocycles. The largest absolute Gasteiger partial charge is 0.356 e. The maximum absolute atomic E-state index is 12.5. The minimum atomic E-state index is -0.645. The van der Waals surface area contributed by atoms with Crippen molar-refractivity contribution in [2.75, 3.05) is 32.7 Å². The highest BCUT2D eigenvalue weighted by Crippen LogP contribution is 2.35. The van der Waals surface area contributed by atoms with Gasteiger partial charge in [0.25, 0.3) is 5.91 Å². The predicted octanol–water partition coefficient (Wildman–Crippen LogP) is 1.62. The van der Waals surface area contributed by atoms with Gasteiger partial charge in [0.05, 0.1) is 0 Å². The van der Waals surface area contributed by atoms with Crippen LogP contribution in [0.25, 0.3) is 0 Å². The van der Waals surface area contributed by atoms with Crippen molar-refractivity contribution in [3.05, 3.63) is 0 Å². The van der Waals surface area contributed by atoms with Crippen LogP contribution in [-0.2, 0) is 9.59 Å². The molecule has 7 nitrogen and oxygen atoms in total. The van der Waals surface area contributed by atoms with Gasteiger partial charge in [0.2, 0.25) is 5.91 Å². The first-order chi connectivity index (χ1) is 12.6. The molecule has 1 aliphatic carbocycles. The summed E-state index contributed by atoms with van der Waals surface area (Å²) in [7, 11) is 0. The van der Waals surface area contributed by atoms with E-state index >= 15 is 0 Å². The Morgan fingerprint density at radius 2 is 1.73 bits per heavy atom. The summed E-state index contributed by atoms with van der Waals surface area (Å²) >= 11 is 0. The second kappa shape index (κ2) is 8.84. The number of carbonyl (C=O) groups is 3. The van der Waals surface area contributed by atoms with Crippen LogP contribution in [0.15, 0.2) is 0 Å². The zero-order valence-electron chi connectivity index (χ0n) is 15.7. The van der Waals surface area contributed by atoms with Gasteiger partial charge in [0.15, 0.2) is 0 Å². The molecule has 0 aromatic rings. The molecule has 1 spiro atoms. The van der Waals surface area contributed by atoms with E-state index in [9.17, 15) is 14.4 Å². The van der Waals surface area contributed by atoms with Gasteiger partial charge in [-0.05, 0) is 58.2 Å². The van der Waals surface area contributed by atoms with E-state index in [4.69, 9.17) is 0 Å². The van der Waals surface area contributed by atoms with E-state index in [2.05, 4.69) is 15.5 Å². The monoisotopic (exact) mass is 364 g/mol. The van der Waals surface area contributed by atoms with Gasteiger partial charge in [-0.15, -0.1) is 0 Å². The molecule has 0 aromatic heterocycles. The molecule has 2 N–H and O–H groups in total. The zero-order valence-corrected chi connectivity index (χ0v) is 15.7. The van der Waals surface area contributed by atoms with Crippen LogP contribution in [0, 0.1) is 0 Å². The maximum Gasteiger partial charge on any atom is 0.325 e. The standard InChI is InChI=1S/C19H32N4O3/c24-16(20-11-7-14-22-12-4-1-5-13-22)8-6-15-23-17(25)19(21-18(23)26)9-2-3-10-19/h1-15H2,(H,20,24)(H,21,26). The van der Waals surface area contributed by atoms with Crippen LogP contribution in [0.4, 0.5) is 4.79 Å². The van der Waals surface area contributed by atoms with Crippen molar-refractivity contribution < 1.29 is 14.4 Å². The fourth-order valence-electron chi connectivity index (χ4n) is 4.40. The van der Waals surface area contributed by atoms with Gasteiger partial charge < -0.3 is 15.5 Å². The number of nitrogens with one attached hydrogen (secondary N) is 2. The summed E-state index contributed by atoms with van der Waals surface area (Å²) in [6.07, 6.45) is 9.22. The van der Waals surface area contributed by atoms with Crippen LogP contribution < -0.4 is 10.6 Å². The number of piperidine rings is 1. The lowest BCUT2D eigenvalue weighted by Gasteiger charge is -2.26. The summed E-state index contributed by atoms with van der Waals surface area (Å²) in [5.74, 6) is -0.0896. The zero-order chi connectivity index (χ0) is 18.4. The van der Waals surface area contributed by atoms with Gasteiger partial charge in [0, 0.05) is 19.5 Å². The molecule has 4 amide bonds. The third-order valence-electron chi connectivity index (χ3n) is 5.91. The summed E-state index contributed by atoms with van der Waals surface area (Å²) in [6, 6.07) is -0.293. The molecule has 3 fully saturated rings. The molecule has 2 heterocycles. The first kappa shape index (κ1) is 19.1. The smallest absolute Gasteiger partial charge is 0.325 e. The Labute approximate surface area is 155 Å². The first-order valence-corrected chi connectivity index (χ1v) is 10.2. The number of hydrogen-bond donors (Lipinski definition) is 2. The molecule has 2 aliphatic heterocycles. The highest BCUT2D eigenvalue weighted by atomic mass is 16.2. The van der Waals surface area contributed by atoms with E-state index < -0.39 is 5.54 Å². The first-order valence-electron chi connectivity index (χ1n) is 10.2. The molecular formula is C19H32N4O3. The van der Waals surface area contributed by atoms with Crippen LogP contribution in [0.2, 0.25) is 0 Å². The molecule has 7 heteroatoms. The second-order valence-corrected chi connectivity index (χ2v) is 7.89. The summed E-state index contributed by atoms with van der Waals surface area (Å²) in [6.45, 7) is 4.43. The summed E-state index contributed by atoms with van der Waals surface area (Å²) in [4.78, 5) is 40.3. The van der Waals surface area contributed by atoms with Crippen molar-refractivity contribution in [3.63, 3.8) is 0 Å². The summed E-state index contributed by atoms with van der Waals surface area (Å²) in [5.41, 5.74) is -0.645. The van der Waals surface area contributed by atoms with Crippen LogP contribution in [-0.4, -0.2) is 65.9 Å². The van der Waals surface area contributed by atoms with Crippen molar-refractivity contribution >= 4 is 17.8 Å². The molecule has 0 aromatic carbocycles. The lowest BCUT2D eigenvalue weighted by atomic mass is 9.98. The van der Waals surface area contributed by atoms with Crippen LogP contribution in [0.5, 0.6) is 0 Å². The number of carbonyl (C=O) groups excluding carboxylic acids is 3. The van der Waals surface area contributed by atoms with Crippen LogP contribution in [0.3, 0.4) is 0 Å². The number of urea groups is 1. The minimum Gasteiger partial charge on any atom is -0.356 e. The molecule has 0 unspecified atom stereocenters. The Bertz CT molecular complexity index is 525. The van der Waals surface area contributed by atoms with Crippen LogP contribution >= 0.6 is 0 Å². The Morgan fingerprint density at radius 1 is 1.00 bits per heavy atom. The maximum atomic E-state index is 12.5. The molecule has 0 radical (unpaired) electrons. The Morgan fingerprint density at radius 3 is 2.46 bits per heavy atom. The predicted molar refractivity (Wildman–Crippen MR) is 98.6 cm³/mol. The van der Waals surface area contributed by atoms with Gasteiger partial charge in [-0.2, -0.15) is 0 Å². The van der Waals surface area contributed by atoms with Crippen molar-refractivity contribution in [3.8, 4) is 0 Å². The van der Waals surface area contributed by atoms with E-state index in [0.29, 0.717) is 25.9 Å². The number of imide groups is 1. The van der Waals surface area contributed by atoms with Crippen molar-refractivity contribution in [2.24, 2.45) is 0 Å². The number of hydrogen-bond acceptors (Lipinski definition) is 4. The molecule has 146 valence electrons. The van der Waals surface area contributed by atoms with Gasteiger partial charge in [-0.25, -0.2) is 4.79 Å². The quantitative estimate of drug-likeness (QED) is 0.507. The van der Waals surface area contributed by atoms with Crippen molar-refractivity contribution in [2.45, 2.75) is 69.7 Å². The molecule has 26 heavy (non-hydrogen) atoms. The molecule has 3 aliphatic rings. The van der Waals surface area contributed by atoms with Gasteiger partial charge in [-0.3, -0.25) is 14.5 Å². The fourth-order valence-corrected chi connectivity index (χ4v) is 4.40. The SMILES string of the molecule is O=C(CCCN1C(=O)NC2(CCCC2)C1=O)NCCCN1CCCCC1. The number of likely N-dealkylation sites (tertiary alicyclic amines) is 1. The minimum absolute atomic E-state index is 0.00581. The van der Waals surface area contributed by atoms with Crippen LogP contribution in [0.1, 0.15) is 64.2 Å². The third-order valence-corrected chi connectivity index (χ3v) is 5.91. The van der Waals surface area contributed by atoms with Gasteiger partial charge in [-0.1, -0.05) is 19.3 Å². The lowest BCUT2D eigenvalue weighted by Crippen LogP contribution is -2.44. The highest BCUT2D eigenvalue weighted by molar-refractivity contribution is 6.07. The lowest BCUT2D eigenvalue weighted by molar-refractivity contribution is -0.131. The average molecular weight is 364 g/mol. The number of nitrogens with zero attached hydrogens (tertiary/aromatic N) is 2. The molecular weight excluding hydrogens is 332 g/mol. The number of amides is 4. The molecule has 0 bridgehead atoms. The van der Waals surface area contributed by atoms with Gasteiger partial charge >= 0.3 is 6.03 Å². The normalized spacial score (nSPS) is 22.8. The average Bonchev–Trinajstić information content (AvgIpc) is 3.20. The second-order valence-electron chi connectivity index (χ2n) is 7.89. The highest BCUT2D eigenvalue weighted by Gasteiger charge is 2.51. The van der Waals surface area contributed by atoms with E-state index in [-0.39, 0.29) is 17.8 Å². The van der Waals surface area contributed by atoms with Crippen molar-refractivity contribution in [1.82, 2.24) is 20.4 Å². The Hall–Kier alpha value is -1.63. The Kier molecular flexibility index (Phi) is 6.51. The fraction of sp³-hybridized carbons (Fsp3) is 0.842. The van der Waals surface area contributed by atoms with E-state index in [1.165, 1.54) is 37.3 Å². The van der Waals surface area contributed by atoms with E-state index in [1.807, 2.05) is 0 Å².